The number of ether oxygens (including phenoxy) is 1. The molecule has 0 aliphatic carbocycles. The van der Waals surface area contributed by atoms with E-state index in [0.29, 0.717) is 42.9 Å². The lowest BCUT2D eigenvalue weighted by molar-refractivity contribution is -0.121. The van der Waals surface area contributed by atoms with E-state index in [1.165, 1.54) is 4.68 Å². The van der Waals surface area contributed by atoms with Gasteiger partial charge in [0.15, 0.2) is 5.58 Å². The third-order valence-electron chi connectivity index (χ3n) is 4.86. The fourth-order valence-electron chi connectivity index (χ4n) is 3.44. The van der Waals surface area contributed by atoms with Crippen LogP contribution < -0.4 is 15.6 Å². The van der Waals surface area contributed by atoms with Gasteiger partial charge in [0.25, 0.3) is 5.56 Å². The van der Waals surface area contributed by atoms with Crippen molar-refractivity contribution in [3.8, 4) is 5.75 Å². The van der Waals surface area contributed by atoms with Gasteiger partial charge in [-0.1, -0.05) is 12.1 Å². The largest absolute Gasteiger partial charge is 0.497 e. The van der Waals surface area contributed by atoms with Gasteiger partial charge in [-0.2, -0.15) is 5.10 Å². The number of methoxy groups -OCH3 is 1. The molecule has 29 heavy (non-hydrogen) atoms. The second-order valence-corrected chi connectivity index (χ2v) is 6.84. The van der Waals surface area contributed by atoms with Crippen molar-refractivity contribution in [2.24, 2.45) is 0 Å². The molecule has 3 heterocycles. The molecule has 0 spiro atoms. The Hall–Kier alpha value is -3.55. The summed E-state index contributed by atoms with van der Waals surface area (Å²) in [5, 5.41) is 7.28. The van der Waals surface area contributed by atoms with Gasteiger partial charge in [0.05, 0.1) is 18.9 Å². The smallest absolute Gasteiger partial charge is 0.291 e. The van der Waals surface area contributed by atoms with E-state index >= 15 is 0 Å². The molecule has 0 atom stereocenters. The molecule has 8 heteroatoms. The SMILES string of the molecule is COc1cccc(CNC(=O)CCCn2nc(C)n3c(cc4occc43)c2=O)c1. The number of rotatable bonds is 7. The van der Waals surface area contributed by atoms with E-state index in [1.807, 2.05) is 37.3 Å². The first-order chi connectivity index (χ1) is 14.1. The quantitative estimate of drug-likeness (QED) is 0.520. The van der Waals surface area contributed by atoms with Gasteiger partial charge in [-0.25, -0.2) is 4.68 Å². The Balaban J connectivity index is 1.37. The predicted molar refractivity (Wildman–Crippen MR) is 108 cm³/mol. The maximum atomic E-state index is 12.7. The number of amides is 1. The molecule has 0 bridgehead atoms. The number of hydrogen-bond acceptors (Lipinski definition) is 5. The molecule has 0 saturated carbocycles. The van der Waals surface area contributed by atoms with Crippen molar-refractivity contribution in [2.75, 3.05) is 7.11 Å². The van der Waals surface area contributed by atoms with Crippen LogP contribution in [0.25, 0.3) is 16.6 Å². The number of fused-ring (bicyclic) bond motifs is 3. The highest BCUT2D eigenvalue weighted by molar-refractivity contribution is 5.82. The van der Waals surface area contributed by atoms with Gasteiger partial charge in [0, 0.05) is 31.6 Å². The van der Waals surface area contributed by atoms with Gasteiger partial charge in [-0.05, 0) is 31.0 Å². The summed E-state index contributed by atoms with van der Waals surface area (Å²) in [5.41, 5.74) is 2.77. The predicted octanol–water partition coefficient (Wildman–Crippen LogP) is 2.66. The van der Waals surface area contributed by atoms with Gasteiger partial charge in [-0.3, -0.25) is 14.0 Å². The molecular formula is C21H22N4O4. The number of benzene rings is 1. The number of carbonyl (C=O) groups is 1. The molecular weight excluding hydrogens is 372 g/mol. The van der Waals surface area contributed by atoms with Crippen LogP contribution in [0, 0.1) is 6.92 Å². The Morgan fingerprint density at radius 1 is 1.24 bits per heavy atom. The Bertz CT molecular complexity index is 1230. The molecule has 1 N–H and O–H groups in total. The molecule has 0 unspecified atom stereocenters. The van der Waals surface area contributed by atoms with E-state index in [2.05, 4.69) is 10.4 Å². The number of carbonyl (C=O) groups excluding carboxylic acids is 1. The zero-order valence-corrected chi connectivity index (χ0v) is 16.3. The lowest BCUT2D eigenvalue weighted by Crippen LogP contribution is -2.27. The molecule has 0 aliphatic heterocycles. The fourth-order valence-corrected chi connectivity index (χ4v) is 3.44. The van der Waals surface area contributed by atoms with Crippen LogP contribution in [0.2, 0.25) is 0 Å². The van der Waals surface area contributed by atoms with Crippen LogP contribution in [0.1, 0.15) is 24.2 Å². The number of nitrogens with one attached hydrogen (secondary N) is 1. The summed E-state index contributed by atoms with van der Waals surface area (Å²) in [5.74, 6) is 1.38. The van der Waals surface area contributed by atoms with E-state index in [1.54, 1.807) is 23.8 Å². The van der Waals surface area contributed by atoms with Gasteiger partial charge >= 0.3 is 0 Å². The second-order valence-electron chi connectivity index (χ2n) is 6.84. The van der Waals surface area contributed by atoms with Crippen LogP contribution in [-0.4, -0.2) is 27.2 Å². The average Bonchev–Trinajstić information content (AvgIpc) is 3.31. The van der Waals surface area contributed by atoms with E-state index in [0.717, 1.165) is 16.8 Å². The monoisotopic (exact) mass is 394 g/mol. The van der Waals surface area contributed by atoms with Crippen LogP contribution >= 0.6 is 0 Å². The molecule has 1 amide bonds. The summed E-state index contributed by atoms with van der Waals surface area (Å²) in [6.45, 7) is 2.65. The number of hydrogen-bond donors (Lipinski definition) is 1. The Kier molecular flexibility index (Phi) is 5.07. The lowest BCUT2D eigenvalue weighted by Gasteiger charge is -2.09. The zero-order valence-electron chi connectivity index (χ0n) is 16.3. The topological polar surface area (TPSA) is 90.8 Å². The number of aryl methyl sites for hydroxylation is 2. The molecule has 4 rings (SSSR count). The van der Waals surface area contributed by atoms with Crippen LogP contribution in [0.5, 0.6) is 5.75 Å². The maximum Gasteiger partial charge on any atom is 0.291 e. The molecule has 0 fully saturated rings. The van der Waals surface area contributed by atoms with Crippen molar-refractivity contribution in [3.63, 3.8) is 0 Å². The minimum Gasteiger partial charge on any atom is -0.497 e. The first-order valence-electron chi connectivity index (χ1n) is 9.43. The van der Waals surface area contributed by atoms with Crippen molar-refractivity contribution in [1.29, 1.82) is 0 Å². The van der Waals surface area contributed by atoms with Gasteiger partial charge in [0.1, 0.15) is 17.1 Å². The molecule has 1 aromatic carbocycles. The standard InChI is InChI=1S/C21H22N4O4/c1-14-23-24(21(27)18-12-19-17(25(14)18)8-10-29-19)9-4-7-20(26)22-13-15-5-3-6-16(11-15)28-2/h3,5-6,8,10-12H,4,7,9,13H2,1-2H3,(H,22,26). The molecule has 0 saturated heterocycles. The maximum absolute atomic E-state index is 12.7. The van der Waals surface area contributed by atoms with E-state index in [9.17, 15) is 9.59 Å². The summed E-state index contributed by atoms with van der Waals surface area (Å²) < 4.78 is 13.8. The fraction of sp³-hybridized carbons (Fsp3) is 0.286. The molecule has 4 aromatic rings. The first-order valence-corrected chi connectivity index (χ1v) is 9.43. The lowest BCUT2D eigenvalue weighted by atomic mass is 10.2. The van der Waals surface area contributed by atoms with E-state index in [4.69, 9.17) is 9.15 Å². The minimum atomic E-state index is -0.196. The van der Waals surface area contributed by atoms with E-state index < -0.39 is 0 Å². The summed E-state index contributed by atoms with van der Waals surface area (Å²) in [6.07, 6.45) is 2.42. The average molecular weight is 394 g/mol. The van der Waals surface area contributed by atoms with Crippen LogP contribution in [0.4, 0.5) is 0 Å². The van der Waals surface area contributed by atoms with Crippen molar-refractivity contribution in [1.82, 2.24) is 19.5 Å². The zero-order chi connectivity index (χ0) is 20.4. The summed E-state index contributed by atoms with van der Waals surface area (Å²) in [7, 11) is 1.61. The van der Waals surface area contributed by atoms with Crippen LogP contribution in [0.15, 0.2) is 51.9 Å². The minimum absolute atomic E-state index is 0.0705. The van der Waals surface area contributed by atoms with Gasteiger partial charge in [0.2, 0.25) is 5.91 Å². The Morgan fingerprint density at radius 2 is 2.10 bits per heavy atom. The third-order valence-corrected chi connectivity index (χ3v) is 4.86. The highest BCUT2D eigenvalue weighted by Gasteiger charge is 2.14. The number of aromatic nitrogens is 3. The highest BCUT2D eigenvalue weighted by Crippen LogP contribution is 2.20. The van der Waals surface area contributed by atoms with Crippen molar-refractivity contribution >= 4 is 22.5 Å². The van der Waals surface area contributed by atoms with E-state index in [-0.39, 0.29) is 11.5 Å². The van der Waals surface area contributed by atoms with Gasteiger partial charge < -0.3 is 14.5 Å². The third kappa shape index (κ3) is 3.73. The number of nitrogens with zero attached hydrogens (tertiary/aromatic N) is 3. The first kappa shape index (κ1) is 18.8. The van der Waals surface area contributed by atoms with Crippen molar-refractivity contribution in [2.45, 2.75) is 32.9 Å². The second kappa shape index (κ2) is 7.83. The van der Waals surface area contributed by atoms with Crippen LogP contribution in [0.3, 0.4) is 0 Å². The molecule has 3 aromatic heterocycles. The molecule has 0 aliphatic rings. The summed E-state index contributed by atoms with van der Waals surface area (Å²) >= 11 is 0. The van der Waals surface area contributed by atoms with Crippen LogP contribution in [-0.2, 0) is 17.9 Å². The van der Waals surface area contributed by atoms with Crippen molar-refractivity contribution in [3.05, 3.63) is 64.4 Å². The number of furan rings is 1. The summed E-state index contributed by atoms with van der Waals surface area (Å²) in [6, 6.07) is 11.1. The summed E-state index contributed by atoms with van der Waals surface area (Å²) in [4.78, 5) is 24.9. The highest BCUT2D eigenvalue weighted by atomic mass is 16.5. The van der Waals surface area contributed by atoms with Crippen molar-refractivity contribution < 1.29 is 13.9 Å². The Morgan fingerprint density at radius 3 is 2.93 bits per heavy atom. The molecule has 0 radical (unpaired) electrons. The van der Waals surface area contributed by atoms with Gasteiger partial charge in [-0.15, -0.1) is 0 Å². The Labute approximate surface area is 166 Å². The molecule has 150 valence electrons. The molecule has 8 nitrogen and oxygen atoms in total. The normalized spacial score (nSPS) is 11.2.